The van der Waals surface area contributed by atoms with Gasteiger partial charge in [0.1, 0.15) is 0 Å². The molecule has 1 nitrogen and oxygen atoms in total. The maximum Gasteiger partial charge on any atom is 0.242 e. The maximum atomic E-state index is 5.87. The van der Waals surface area contributed by atoms with E-state index in [4.69, 9.17) is 4.43 Å². The van der Waals surface area contributed by atoms with Gasteiger partial charge in [0, 0.05) is 12.1 Å². The monoisotopic (exact) mass is 268 g/mol. The summed E-state index contributed by atoms with van der Waals surface area (Å²) in [5.41, 5.74) is 3.03. The Hall–Kier alpha value is -1.38. The molecular weight excluding hydrogens is 248 g/mol. The molecule has 98 valence electrons. The van der Waals surface area contributed by atoms with E-state index in [0.717, 1.165) is 13.0 Å². The van der Waals surface area contributed by atoms with Crippen LogP contribution < -0.4 is 0 Å². The normalized spacial score (nSPS) is 10.8. The molecule has 0 aromatic heterocycles. The van der Waals surface area contributed by atoms with Gasteiger partial charge in [0.25, 0.3) is 0 Å². The first-order valence-electron chi connectivity index (χ1n) is 6.89. The highest BCUT2D eigenvalue weighted by molar-refractivity contribution is 6.31. The summed E-state index contributed by atoms with van der Waals surface area (Å²) in [4.78, 5) is 0. The fourth-order valence-corrected chi connectivity index (χ4v) is 3.06. The molecule has 0 heterocycles. The lowest BCUT2D eigenvalue weighted by Gasteiger charge is -2.16. The van der Waals surface area contributed by atoms with Crippen molar-refractivity contribution in [2.75, 3.05) is 6.61 Å². The third kappa shape index (κ3) is 4.34. The molecule has 0 amide bonds. The van der Waals surface area contributed by atoms with Crippen molar-refractivity contribution in [2.45, 2.75) is 25.3 Å². The van der Waals surface area contributed by atoms with Crippen LogP contribution in [0.1, 0.15) is 36.4 Å². The van der Waals surface area contributed by atoms with Crippen molar-refractivity contribution >= 4 is 9.76 Å². The summed E-state index contributed by atoms with van der Waals surface area (Å²) in [6, 6.07) is 21.3. The summed E-state index contributed by atoms with van der Waals surface area (Å²) < 4.78 is 5.87. The first-order valence-corrected chi connectivity index (χ1v) is 7.87. The quantitative estimate of drug-likeness (QED) is 0.540. The lowest BCUT2D eigenvalue weighted by atomic mass is 10.0. The van der Waals surface area contributed by atoms with Crippen LogP contribution in [0.15, 0.2) is 60.7 Å². The summed E-state index contributed by atoms with van der Waals surface area (Å²) in [5.74, 6) is 0. The lowest BCUT2D eigenvalue weighted by molar-refractivity contribution is 0.323. The number of hydrogen-bond acceptors (Lipinski definition) is 1. The van der Waals surface area contributed by atoms with Gasteiger partial charge in [-0.3, -0.25) is 0 Å². The zero-order valence-corrected chi connectivity index (χ0v) is 12.4. The Morgan fingerprint density at radius 3 is 1.89 bits per heavy atom. The Bertz CT molecular complexity index is 416. The van der Waals surface area contributed by atoms with Crippen LogP contribution in [-0.2, 0) is 4.43 Å². The van der Waals surface area contributed by atoms with E-state index in [1.165, 1.54) is 17.5 Å². The van der Waals surface area contributed by atoms with E-state index in [1.807, 2.05) is 0 Å². The van der Waals surface area contributed by atoms with E-state index < -0.39 is 0 Å². The summed E-state index contributed by atoms with van der Waals surface area (Å²) in [7, 11) is 0.488. The van der Waals surface area contributed by atoms with Gasteiger partial charge in [-0.2, -0.15) is 0 Å². The second-order valence-electron chi connectivity index (χ2n) is 4.57. The van der Waals surface area contributed by atoms with Crippen LogP contribution in [0.2, 0.25) is 0 Å². The zero-order valence-electron chi connectivity index (χ0n) is 11.4. The highest BCUT2D eigenvalue weighted by Crippen LogP contribution is 2.23. The van der Waals surface area contributed by atoms with Crippen molar-refractivity contribution in [1.29, 1.82) is 0 Å². The van der Waals surface area contributed by atoms with E-state index in [-0.39, 0.29) is 0 Å². The minimum absolute atomic E-state index is 0.360. The third-order valence-corrected chi connectivity index (χ3v) is 4.34. The Morgan fingerprint density at radius 1 is 0.895 bits per heavy atom. The van der Waals surface area contributed by atoms with E-state index in [2.05, 4.69) is 67.6 Å². The highest BCUT2D eigenvalue weighted by Gasteiger charge is 2.15. The third-order valence-electron chi connectivity index (χ3n) is 3.07. The number of unbranched alkanes of at least 4 members (excludes halogenated alkanes) is 1. The van der Waals surface area contributed by atoms with E-state index in [1.54, 1.807) is 0 Å². The van der Waals surface area contributed by atoms with Gasteiger partial charge in [-0.15, -0.1) is 0 Å². The summed E-state index contributed by atoms with van der Waals surface area (Å²) in [6.45, 7) is 3.06. The van der Waals surface area contributed by atoms with Gasteiger partial charge in [-0.05, 0) is 17.5 Å². The van der Waals surface area contributed by atoms with E-state index in [9.17, 15) is 0 Å². The molecule has 2 heteroatoms. The molecule has 0 N–H and O–H groups in total. The fourth-order valence-electron chi connectivity index (χ4n) is 1.98. The van der Waals surface area contributed by atoms with E-state index in [0.29, 0.717) is 15.3 Å². The maximum absolute atomic E-state index is 5.87. The lowest BCUT2D eigenvalue weighted by Crippen LogP contribution is -2.14. The largest absolute Gasteiger partial charge is 0.416 e. The Balaban J connectivity index is 2.10. The number of benzene rings is 2. The summed E-state index contributed by atoms with van der Waals surface area (Å²) in [5, 5.41) is 0. The van der Waals surface area contributed by atoms with Crippen LogP contribution in [-0.4, -0.2) is 16.4 Å². The van der Waals surface area contributed by atoms with Gasteiger partial charge >= 0.3 is 0 Å². The molecule has 2 radical (unpaired) electrons. The Kier molecular flexibility index (Phi) is 5.85. The summed E-state index contributed by atoms with van der Waals surface area (Å²) in [6.07, 6.45) is 2.33. The van der Waals surface area contributed by atoms with Crippen molar-refractivity contribution in [3.63, 3.8) is 0 Å². The minimum Gasteiger partial charge on any atom is -0.416 e. The van der Waals surface area contributed by atoms with Crippen LogP contribution in [0, 0.1) is 0 Å². The van der Waals surface area contributed by atoms with Crippen LogP contribution in [0.3, 0.4) is 0 Å². The number of hydrogen-bond donors (Lipinski definition) is 0. The smallest absolute Gasteiger partial charge is 0.242 e. The molecule has 0 saturated carbocycles. The average Bonchev–Trinajstić information content (AvgIpc) is 2.49. The fraction of sp³-hybridized carbons (Fsp3) is 0.294. The highest BCUT2D eigenvalue weighted by atomic mass is 28.2. The van der Waals surface area contributed by atoms with Gasteiger partial charge in [0.15, 0.2) is 0 Å². The second-order valence-corrected chi connectivity index (χ2v) is 5.68. The molecule has 0 saturated heterocycles. The van der Waals surface area contributed by atoms with Gasteiger partial charge in [0.2, 0.25) is 9.76 Å². The zero-order chi connectivity index (χ0) is 13.3. The molecule has 0 atom stereocenters. The molecule has 0 aliphatic heterocycles. The minimum atomic E-state index is 0.360. The van der Waals surface area contributed by atoms with E-state index >= 15 is 0 Å². The van der Waals surface area contributed by atoms with Crippen molar-refractivity contribution in [1.82, 2.24) is 0 Å². The van der Waals surface area contributed by atoms with Gasteiger partial charge < -0.3 is 4.43 Å². The predicted molar refractivity (Wildman–Crippen MR) is 81.3 cm³/mol. The SMILES string of the molecule is CCCCO[Si]C(c1ccccc1)c1ccccc1. The predicted octanol–water partition coefficient (Wildman–Crippen LogP) is 4.21. The molecule has 0 spiro atoms. The molecule has 0 bridgehead atoms. The van der Waals surface area contributed by atoms with Gasteiger partial charge in [0.05, 0.1) is 0 Å². The average molecular weight is 268 g/mol. The van der Waals surface area contributed by atoms with Crippen LogP contribution in [0.5, 0.6) is 0 Å². The van der Waals surface area contributed by atoms with Crippen molar-refractivity contribution in [3.8, 4) is 0 Å². The van der Waals surface area contributed by atoms with Crippen molar-refractivity contribution < 1.29 is 4.43 Å². The van der Waals surface area contributed by atoms with Crippen LogP contribution in [0.4, 0.5) is 0 Å². The molecule has 2 aromatic carbocycles. The summed E-state index contributed by atoms with van der Waals surface area (Å²) >= 11 is 0. The Morgan fingerprint density at radius 2 is 1.42 bits per heavy atom. The van der Waals surface area contributed by atoms with Gasteiger partial charge in [-0.25, -0.2) is 0 Å². The van der Waals surface area contributed by atoms with Crippen LogP contribution >= 0.6 is 0 Å². The van der Waals surface area contributed by atoms with Crippen molar-refractivity contribution in [2.24, 2.45) is 0 Å². The topological polar surface area (TPSA) is 9.23 Å². The first kappa shape index (κ1) is 14.0. The first-order chi connectivity index (χ1) is 9.42. The van der Waals surface area contributed by atoms with Crippen LogP contribution in [0.25, 0.3) is 0 Å². The molecule has 2 rings (SSSR count). The number of rotatable bonds is 7. The van der Waals surface area contributed by atoms with Gasteiger partial charge in [-0.1, -0.05) is 74.0 Å². The molecule has 0 unspecified atom stereocenters. The molecular formula is C17H20OSi. The molecule has 19 heavy (non-hydrogen) atoms. The molecule has 0 aliphatic carbocycles. The molecule has 0 fully saturated rings. The van der Waals surface area contributed by atoms with Crippen molar-refractivity contribution in [3.05, 3.63) is 71.8 Å². The molecule has 2 aromatic rings. The standard InChI is InChI=1S/C17H20OSi/c1-2-3-14-18-19-17(15-10-6-4-7-11-15)16-12-8-5-9-13-16/h4-13,17H,2-3,14H2,1H3. The Labute approximate surface area is 118 Å². The molecule has 0 aliphatic rings. The second kappa shape index (κ2) is 7.92.